The summed E-state index contributed by atoms with van der Waals surface area (Å²) in [7, 11) is 0. The largest absolute Gasteiger partial charge is 0.383 e. The zero-order chi connectivity index (χ0) is 19.0. The number of ether oxygens (including phenoxy) is 1. The molecular formula is C19H19FN4O3. The van der Waals surface area contributed by atoms with E-state index in [4.69, 9.17) is 10.00 Å². The van der Waals surface area contributed by atoms with Gasteiger partial charge in [0.2, 0.25) is 5.91 Å². The molecule has 0 radical (unpaired) electrons. The quantitative estimate of drug-likeness (QED) is 0.880. The summed E-state index contributed by atoms with van der Waals surface area (Å²) >= 11 is 0. The molecule has 0 aliphatic carbocycles. The molecule has 1 fully saturated rings. The molecule has 2 atom stereocenters. The Morgan fingerprint density at radius 1 is 1.44 bits per heavy atom. The molecule has 0 spiro atoms. The van der Waals surface area contributed by atoms with E-state index < -0.39 is 17.5 Å². The van der Waals surface area contributed by atoms with Gasteiger partial charge in [-0.2, -0.15) is 5.26 Å². The molecule has 1 aromatic carbocycles. The average Bonchev–Trinajstić information content (AvgIpc) is 3.26. The monoisotopic (exact) mass is 370 g/mol. The minimum Gasteiger partial charge on any atom is -0.383 e. The zero-order valence-corrected chi connectivity index (χ0v) is 14.6. The van der Waals surface area contributed by atoms with Crippen LogP contribution < -0.4 is 0 Å². The molecule has 0 saturated carbocycles. The maximum Gasteiger partial charge on any atom is 0.226 e. The van der Waals surface area contributed by atoms with Crippen molar-refractivity contribution in [3.05, 3.63) is 53.4 Å². The molecule has 27 heavy (non-hydrogen) atoms. The Hall–Kier alpha value is -2.76. The first-order chi connectivity index (χ1) is 13.0. The number of nitrogens with zero attached hydrogens (tertiary/aromatic N) is 4. The summed E-state index contributed by atoms with van der Waals surface area (Å²) in [5.74, 6) is -0.669. The van der Waals surface area contributed by atoms with Crippen molar-refractivity contribution in [2.24, 2.45) is 0 Å². The number of aromatic nitrogens is 2. The summed E-state index contributed by atoms with van der Waals surface area (Å²) in [5, 5.41) is 20.2. The van der Waals surface area contributed by atoms with Crippen molar-refractivity contribution >= 4 is 5.91 Å². The number of hydrogen-bond acceptors (Lipinski definition) is 5. The Morgan fingerprint density at radius 3 is 2.93 bits per heavy atom. The molecule has 2 aromatic rings. The molecular weight excluding hydrogens is 351 g/mol. The molecule has 1 amide bonds. The van der Waals surface area contributed by atoms with Crippen LogP contribution in [-0.2, 0) is 15.1 Å². The Kier molecular flexibility index (Phi) is 4.42. The van der Waals surface area contributed by atoms with Gasteiger partial charge < -0.3 is 19.3 Å². The van der Waals surface area contributed by atoms with E-state index in [9.17, 15) is 14.3 Å². The topological polar surface area (TPSA) is 91.4 Å². The summed E-state index contributed by atoms with van der Waals surface area (Å²) in [4.78, 5) is 18.4. The highest BCUT2D eigenvalue weighted by Crippen LogP contribution is 2.45. The molecule has 2 aliphatic heterocycles. The van der Waals surface area contributed by atoms with E-state index in [1.807, 2.05) is 6.07 Å². The van der Waals surface area contributed by atoms with Gasteiger partial charge >= 0.3 is 0 Å². The first-order valence-corrected chi connectivity index (χ1v) is 8.81. The smallest absolute Gasteiger partial charge is 0.226 e. The van der Waals surface area contributed by atoms with Crippen molar-refractivity contribution in [1.82, 2.24) is 14.5 Å². The highest BCUT2D eigenvalue weighted by atomic mass is 19.1. The van der Waals surface area contributed by atoms with Crippen LogP contribution in [0.2, 0.25) is 0 Å². The predicted molar refractivity (Wildman–Crippen MR) is 92.0 cm³/mol. The molecule has 140 valence electrons. The Bertz CT molecular complexity index is 916. The average molecular weight is 370 g/mol. The molecule has 1 N–H and O–H groups in total. The Labute approximate surface area is 155 Å². The summed E-state index contributed by atoms with van der Waals surface area (Å²) in [6.07, 6.45) is 3.14. The minimum atomic E-state index is -1.42. The van der Waals surface area contributed by atoms with Gasteiger partial charge in [-0.1, -0.05) is 6.07 Å². The molecule has 0 unspecified atom stereocenters. The summed E-state index contributed by atoms with van der Waals surface area (Å²) < 4.78 is 21.5. The SMILES string of the molecule is N#Cc1ccc([C@H]2C[C@](O)(CC(=O)N3CCOCC3)c3cncn32)c(F)c1. The molecule has 2 aliphatic rings. The normalized spacial score (nSPS) is 24.5. The lowest BCUT2D eigenvalue weighted by atomic mass is 9.89. The first-order valence-electron chi connectivity index (χ1n) is 8.81. The van der Waals surface area contributed by atoms with Gasteiger partial charge in [0.05, 0.1) is 55.5 Å². The van der Waals surface area contributed by atoms with Crippen LogP contribution in [0.1, 0.15) is 35.7 Å². The lowest BCUT2D eigenvalue weighted by Gasteiger charge is -2.30. The third kappa shape index (κ3) is 3.09. The first kappa shape index (κ1) is 17.6. The highest BCUT2D eigenvalue weighted by Gasteiger charge is 2.46. The van der Waals surface area contributed by atoms with Crippen molar-refractivity contribution in [2.75, 3.05) is 26.3 Å². The fraction of sp³-hybridized carbons (Fsp3) is 0.421. The highest BCUT2D eigenvalue weighted by molar-refractivity contribution is 5.77. The van der Waals surface area contributed by atoms with Gasteiger partial charge in [-0.05, 0) is 12.1 Å². The molecule has 1 saturated heterocycles. The Morgan fingerprint density at radius 2 is 2.22 bits per heavy atom. The van der Waals surface area contributed by atoms with Gasteiger partial charge in [-0.3, -0.25) is 4.79 Å². The fourth-order valence-electron chi connectivity index (χ4n) is 3.90. The molecule has 0 bridgehead atoms. The number of aliphatic hydroxyl groups is 1. The van der Waals surface area contributed by atoms with E-state index in [-0.39, 0.29) is 24.3 Å². The number of carbonyl (C=O) groups is 1. The number of fused-ring (bicyclic) bond motifs is 1. The van der Waals surface area contributed by atoms with Crippen LogP contribution in [0, 0.1) is 17.1 Å². The van der Waals surface area contributed by atoms with E-state index >= 15 is 0 Å². The zero-order valence-electron chi connectivity index (χ0n) is 14.6. The maximum absolute atomic E-state index is 14.5. The van der Waals surface area contributed by atoms with E-state index in [0.717, 1.165) is 0 Å². The molecule has 8 heteroatoms. The Balaban J connectivity index is 1.62. The number of morpholine rings is 1. The van der Waals surface area contributed by atoms with E-state index in [2.05, 4.69) is 4.98 Å². The second-order valence-corrected chi connectivity index (χ2v) is 6.96. The summed E-state index contributed by atoms with van der Waals surface area (Å²) in [6.45, 7) is 1.98. The van der Waals surface area contributed by atoms with Crippen LogP contribution in [0.3, 0.4) is 0 Å². The summed E-state index contributed by atoms with van der Waals surface area (Å²) in [6, 6.07) is 5.70. The van der Waals surface area contributed by atoms with Crippen LogP contribution >= 0.6 is 0 Å². The van der Waals surface area contributed by atoms with Crippen molar-refractivity contribution in [2.45, 2.75) is 24.5 Å². The molecule has 4 rings (SSSR count). The minimum absolute atomic E-state index is 0.0902. The van der Waals surface area contributed by atoms with Crippen molar-refractivity contribution in [3.8, 4) is 6.07 Å². The number of hydrogen-bond donors (Lipinski definition) is 1. The van der Waals surface area contributed by atoms with Gasteiger partial charge in [0, 0.05) is 25.1 Å². The second-order valence-electron chi connectivity index (χ2n) is 6.96. The molecule has 1 aromatic heterocycles. The van der Waals surface area contributed by atoms with Gasteiger partial charge in [-0.15, -0.1) is 0 Å². The van der Waals surface area contributed by atoms with Gasteiger partial charge in [0.15, 0.2) is 0 Å². The number of imidazole rings is 1. The molecule has 3 heterocycles. The van der Waals surface area contributed by atoms with E-state index in [1.165, 1.54) is 18.6 Å². The third-order valence-electron chi connectivity index (χ3n) is 5.31. The third-order valence-corrected chi connectivity index (χ3v) is 5.31. The van der Waals surface area contributed by atoms with Gasteiger partial charge in [0.1, 0.15) is 11.4 Å². The lowest BCUT2D eigenvalue weighted by molar-refractivity contribution is -0.141. The number of carbonyl (C=O) groups excluding carboxylic acids is 1. The second kappa shape index (κ2) is 6.76. The molecule has 7 nitrogen and oxygen atoms in total. The standard InChI is InChI=1S/C19H19FN4O3/c20-15-7-13(10-21)1-2-14(15)16-8-19(26,17-11-22-12-24(16)17)9-18(25)23-3-5-27-6-4-23/h1-2,7,11-12,16,26H,3-6,8-9H2/t16-,19+/m1/s1. The summed E-state index contributed by atoms with van der Waals surface area (Å²) in [5.41, 5.74) is -0.324. The van der Waals surface area contributed by atoms with Crippen LogP contribution in [0.5, 0.6) is 0 Å². The maximum atomic E-state index is 14.5. The number of benzene rings is 1. The van der Waals surface area contributed by atoms with Crippen LogP contribution in [-0.4, -0.2) is 51.8 Å². The fourth-order valence-corrected chi connectivity index (χ4v) is 3.90. The predicted octanol–water partition coefficient (Wildman–Crippen LogP) is 1.32. The van der Waals surface area contributed by atoms with Crippen LogP contribution in [0.15, 0.2) is 30.7 Å². The number of halogens is 1. The van der Waals surface area contributed by atoms with Crippen LogP contribution in [0.25, 0.3) is 0 Å². The lowest BCUT2D eigenvalue weighted by Crippen LogP contribution is -2.43. The van der Waals surface area contributed by atoms with Gasteiger partial charge in [0.25, 0.3) is 0 Å². The van der Waals surface area contributed by atoms with Crippen LogP contribution in [0.4, 0.5) is 4.39 Å². The van der Waals surface area contributed by atoms with Gasteiger partial charge in [-0.25, -0.2) is 9.37 Å². The number of rotatable bonds is 3. The van der Waals surface area contributed by atoms with E-state index in [0.29, 0.717) is 37.6 Å². The van der Waals surface area contributed by atoms with Crippen molar-refractivity contribution < 1.29 is 19.0 Å². The number of amides is 1. The number of nitriles is 1. The van der Waals surface area contributed by atoms with E-state index in [1.54, 1.807) is 21.6 Å². The van der Waals surface area contributed by atoms with Crippen molar-refractivity contribution in [3.63, 3.8) is 0 Å². The van der Waals surface area contributed by atoms with Crippen molar-refractivity contribution in [1.29, 1.82) is 5.26 Å².